The summed E-state index contributed by atoms with van der Waals surface area (Å²) >= 11 is 1.28. The quantitative estimate of drug-likeness (QED) is 0.739. The van der Waals surface area contributed by atoms with Crippen LogP contribution >= 0.6 is 11.3 Å². The lowest BCUT2D eigenvalue weighted by Crippen LogP contribution is -2.47. The molecule has 1 aromatic heterocycles. The molecule has 0 unspecified atom stereocenters. The van der Waals surface area contributed by atoms with Crippen LogP contribution in [0.2, 0.25) is 0 Å². The Balaban J connectivity index is 1.52. The molecule has 1 aromatic carbocycles. The van der Waals surface area contributed by atoms with Crippen LogP contribution in [-0.4, -0.2) is 61.3 Å². The van der Waals surface area contributed by atoms with Gasteiger partial charge in [-0.05, 0) is 25.1 Å². The van der Waals surface area contributed by atoms with Crippen LogP contribution in [0.4, 0.5) is 0 Å². The average Bonchev–Trinajstić information content (AvgIpc) is 2.99. The molecule has 26 heavy (non-hydrogen) atoms. The fourth-order valence-corrected chi connectivity index (χ4v) is 4.09. The highest BCUT2D eigenvalue weighted by Crippen LogP contribution is 2.25. The van der Waals surface area contributed by atoms with Gasteiger partial charge in [-0.1, -0.05) is 11.3 Å². The highest BCUT2D eigenvalue weighted by atomic mass is 32.1. The van der Waals surface area contributed by atoms with Gasteiger partial charge in [-0.25, -0.2) is 0 Å². The Labute approximate surface area is 158 Å². The van der Waals surface area contributed by atoms with Crippen LogP contribution in [0.5, 0.6) is 11.5 Å². The lowest BCUT2D eigenvalue weighted by atomic mass is 10.1. The molecule has 1 fully saturated rings. The van der Waals surface area contributed by atoms with Gasteiger partial charge in [-0.15, -0.1) is 0 Å². The van der Waals surface area contributed by atoms with Crippen molar-refractivity contribution in [2.24, 2.45) is 0 Å². The summed E-state index contributed by atoms with van der Waals surface area (Å²) in [7, 11) is 3.39. The van der Waals surface area contributed by atoms with Crippen molar-refractivity contribution in [1.29, 1.82) is 0 Å². The van der Waals surface area contributed by atoms with Gasteiger partial charge in [-0.3, -0.25) is 14.6 Å². The van der Waals surface area contributed by atoms with Crippen molar-refractivity contribution in [2.75, 3.05) is 46.9 Å². The van der Waals surface area contributed by atoms with Crippen LogP contribution in [0, 0.1) is 6.92 Å². The second kappa shape index (κ2) is 8.70. The van der Waals surface area contributed by atoms with Crippen molar-refractivity contribution < 1.29 is 9.47 Å². The fourth-order valence-electron chi connectivity index (χ4n) is 3.33. The van der Waals surface area contributed by atoms with E-state index < -0.39 is 0 Å². The maximum absolute atomic E-state index is 11.8. The fraction of sp³-hybridized carbons (Fsp3) is 0.526. The molecule has 1 aliphatic heterocycles. The first-order chi connectivity index (χ1) is 12.6. The Hall–Kier alpha value is -1.83. The lowest BCUT2D eigenvalue weighted by molar-refractivity contribution is 0.123. The molecule has 3 rings (SSSR count). The number of nitrogens with zero attached hydrogens (tertiary/aromatic N) is 3. The van der Waals surface area contributed by atoms with Crippen molar-refractivity contribution in [2.45, 2.75) is 20.0 Å². The summed E-state index contributed by atoms with van der Waals surface area (Å²) in [4.78, 5) is 16.8. The first-order valence-corrected chi connectivity index (χ1v) is 9.79. The van der Waals surface area contributed by atoms with Gasteiger partial charge in [-0.2, -0.15) is 0 Å². The topological polar surface area (TPSA) is 46.9 Å². The van der Waals surface area contributed by atoms with E-state index in [0.29, 0.717) is 0 Å². The lowest BCUT2D eigenvalue weighted by Gasteiger charge is -2.35. The maximum Gasteiger partial charge on any atom is 0.307 e. The van der Waals surface area contributed by atoms with E-state index in [9.17, 15) is 4.79 Å². The summed E-state index contributed by atoms with van der Waals surface area (Å²) in [5.41, 5.74) is 2.21. The van der Waals surface area contributed by atoms with E-state index in [1.165, 1.54) is 11.3 Å². The molecule has 0 atom stereocenters. The molecule has 142 valence electrons. The zero-order valence-corrected chi connectivity index (χ0v) is 16.6. The molecule has 0 radical (unpaired) electrons. The van der Waals surface area contributed by atoms with E-state index in [0.717, 1.165) is 68.6 Å². The van der Waals surface area contributed by atoms with Crippen molar-refractivity contribution in [1.82, 2.24) is 14.4 Å². The SMILES string of the molecule is COc1ccc(OC)c(CN2CCN(CCn3c(C)csc3=O)CC2)c1. The van der Waals surface area contributed by atoms with Crippen LogP contribution in [0.1, 0.15) is 11.3 Å². The monoisotopic (exact) mass is 377 g/mol. The molecule has 0 aliphatic carbocycles. The number of benzene rings is 1. The van der Waals surface area contributed by atoms with Crippen LogP contribution in [-0.2, 0) is 13.1 Å². The Morgan fingerprint density at radius 2 is 1.77 bits per heavy atom. The maximum atomic E-state index is 11.8. The third kappa shape index (κ3) is 4.47. The van der Waals surface area contributed by atoms with E-state index in [1.807, 2.05) is 29.0 Å². The minimum absolute atomic E-state index is 0.145. The number of rotatable bonds is 7. The molecule has 0 spiro atoms. The molecule has 2 heterocycles. The number of piperazine rings is 1. The van der Waals surface area contributed by atoms with E-state index in [2.05, 4.69) is 15.9 Å². The van der Waals surface area contributed by atoms with Gasteiger partial charge >= 0.3 is 4.87 Å². The molecule has 1 aliphatic rings. The largest absolute Gasteiger partial charge is 0.497 e. The van der Waals surface area contributed by atoms with Gasteiger partial charge in [0.25, 0.3) is 0 Å². The third-order valence-corrected chi connectivity index (χ3v) is 5.84. The summed E-state index contributed by atoms with van der Waals surface area (Å²) in [6, 6.07) is 5.94. The number of aromatic nitrogens is 1. The average molecular weight is 378 g/mol. The summed E-state index contributed by atoms with van der Waals surface area (Å²) < 4.78 is 12.7. The van der Waals surface area contributed by atoms with Gasteiger partial charge in [0.15, 0.2) is 0 Å². The minimum atomic E-state index is 0.145. The Kier molecular flexibility index (Phi) is 6.34. The smallest absolute Gasteiger partial charge is 0.307 e. The summed E-state index contributed by atoms with van der Waals surface area (Å²) in [6.45, 7) is 8.62. The predicted molar refractivity (Wildman–Crippen MR) is 105 cm³/mol. The standard InChI is InChI=1S/C19H27N3O3S/c1-15-14-26-19(23)22(15)11-10-20-6-8-21(9-7-20)13-16-12-17(24-2)4-5-18(16)25-3/h4-5,12,14H,6-11,13H2,1-3H3. The number of hydrogen-bond acceptors (Lipinski definition) is 6. The third-order valence-electron chi connectivity index (χ3n) is 4.96. The van der Waals surface area contributed by atoms with E-state index in [1.54, 1.807) is 14.2 Å². The summed E-state index contributed by atoms with van der Waals surface area (Å²) in [5.74, 6) is 1.76. The van der Waals surface area contributed by atoms with Gasteiger partial charge in [0.2, 0.25) is 0 Å². The van der Waals surface area contributed by atoms with Gasteiger partial charge in [0.1, 0.15) is 11.5 Å². The second-order valence-corrected chi connectivity index (χ2v) is 7.41. The minimum Gasteiger partial charge on any atom is -0.497 e. The number of ether oxygens (including phenoxy) is 2. The molecule has 0 bridgehead atoms. The molecule has 1 saturated heterocycles. The van der Waals surface area contributed by atoms with E-state index >= 15 is 0 Å². The first-order valence-electron chi connectivity index (χ1n) is 8.91. The van der Waals surface area contributed by atoms with Gasteiger partial charge < -0.3 is 14.0 Å². The van der Waals surface area contributed by atoms with Crippen LogP contribution in [0.25, 0.3) is 0 Å². The van der Waals surface area contributed by atoms with Crippen LogP contribution < -0.4 is 14.3 Å². The number of aryl methyl sites for hydroxylation is 1. The second-order valence-electron chi connectivity index (χ2n) is 6.59. The zero-order chi connectivity index (χ0) is 18.5. The van der Waals surface area contributed by atoms with Gasteiger partial charge in [0.05, 0.1) is 14.2 Å². The zero-order valence-electron chi connectivity index (χ0n) is 15.7. The highest BCUT2D eigenvalue weighted by molar-refractivity contribution is 7.07. The number of methoxy groups -OCH3 is 2. The normalized spacial score (nSPS) is 16.0. The van der Waals surface area contributed by atoms with Gasteiger partial charge in [0, 0.05) is 62.5 Å². The van der Waals surface area contributed by atoms with E-state index in [-0.39, 0.29) is 4.87 Å². The summed E-state index contributed by atoms with van der Waals surface area (Å²) in [5, 5.41) is 1.93. The Bertz CT molecular complexity index is 779. The molecular formula is C19H27N3O3S. The highest BCUT2D eigenvalue weighted by Gasteiger charge is 2.19. The molecule has 0 amide bonds. The van der Waals surface area contributed by atoms with Crippen LogP contribution in [0.15, 0.2) is 28.4 Å². The molecular weight excluding hydrogens is 350 g/mol. The van der Waals surface area contributed by atoms with E-state index in [4.69, 9.17) is 9.47 Å². The molecule has 2 aromatic rings. The molecule has 0 N–H and O–H groups in total. The molecule has 7 heteroatoms. The first kappa shape index (κ1) is 18.9. The molecule has 6 nitrogen and oxygen atoms in total. The summed E-state index contributed by atoms with van der Waals surface area (Å²) in [6.07, 6.45) is 0. The van der Waals surface area contributed by atoms with Crippen LogP contribution in [0.3, 0.4) is 0 Å². The number of thiazole rings is 1. The van der Waals surface area contributed by atoms with Crippen molar-refractivity contribution in [3.8, 4) is 11.5 Å². The Morgan fingerprint density at radius 1 is 1.04 bits per heavy atom. The predicted octanol–water partition coefficient (Wildman–Crippen LogP) is 2.05. The van der Waals surface area contributed by atoms with Crippen molar-refractivity contribution in [3.63, 3.8) is 0 Å². The number of hydrogen-bond donors (Lipinski definition) is 0. The van der Waals surface area contributed by atoms with Crippen molar-refractivity contribution >= 4 is 11.3 Å². The van der Waals surface area contributed by atoms with Crippen molar-refractivity contribution in [3.05, 3.63) is 44.5 Å². The molecule has 0 saturated carbocycles. The Morgan fingerprint density at radius 3 is 2.38 bits per heavy atom.